The van der Waals surface area contributed by atoms with E-state index in [4.69, 9.17) is 4.98 Å². The maximum Gasteiger partial charge on any atom is 0.0794 e. The highest BCUT2D eigenvalue weighted by Crippen LogP contribution is 2.42. The molecule has 0 aliphatic carbocycles. The van der Waals surface area contributed by atoms with Gasteiger partial charge in [-0.2, -0.15) is 0 Å². The maximum absolute atomic E-state index is 5.47. The first-order valence-corrected chi connectivity index (χ1v) is 15.6. The molecule has 0 spiro atoms. The van der Waals surface area contributed by atoms with Crippen molar-refractivity contribution in [1.29, 1.82) is 0 Å². The summed E-state index contributed by atoms with van der Waals surface area (Å²) in [5.41, 5.74) is 7.56. The van der Waals surface area contributed by atoms with Gasteiger partial charge in [0, 0.05) is 21.7 Å². The van der Waals surface area contributed by atoms with Crippen LogP contribution in [0.25, 0.3) is 88.5 Å². The van der Waals surface area contributed by atoms with Crippen molar-refractivity contribution in [2.24, 2.45) is 0 Å². The second-order valence-electron chi connectivity index (χ2n) is 11.6. The second kappa shape index (κ2) is 11.5. The van der Waals surface area contributed by atoms with Crippen LogP contribution in [0.4, 0.5) is 0 Å². The second-order valence-corrected chi connectivity index (χ2v) is 11.6. The lowest BCUT2D eigenvalue weighted by atomic mass is 9.87. The molecule has 0 amide bonds. The Morgan fingerprint density at radius 2 is 1.02 bits per heavy atom. The summed E-state index contributed by atoms with van der Waals surface area (Å²) in [5, 5.41) is 10.8. The molecule has 0 N–H and O–H groups in total. The van der Waals surface area contributed by atoms with Gasteiger partial charge >= 0.3 is 0 Å². The largest absolute Gasteiger partial charge is 0.247 e. The van der Waals surface area contributed by atoms with Crippen LogP contribution in [0.1, 0.15) is 11.1 Å². The van der Waals surface area contributed by atoms with E-state index >= 15 is 0 Å². The van der Waals surface area contributed by atoms with Gasteiger partial charge in [0.1, 0.15) is 0 Å². The zero-order valence-electron chi connectivity index (χ0n) is 25.4. The first kappa shape index (κ1) is 27.5. The molecule has 0 atom stereocenters. The van der Waals surface area contributed by atoms with Crippen LogP contribution in [0, 0.1) is 0 Å². The molecular formula is C45H31N. The van der Waals surface area contributed by atoms with Gasteiger partial charge in [0.15, 0.2) is 0 Å². The topological polar surface area (TPSA) is 12.9 Å². The zero-order valence-corrected chi connectivity index (χ0v) is 25.4. The van der Waals surface area contributed by atoms with E-state index in [0.29, 0.717) is 0 Å². The van der Waals surface area contributed by atoms with E-state index < -0.39 is 0 Å². The molecule has 8 rings (SSSR count). The number of fused-ring (bicyclic) bond motifs is 7. The van der Waals surface area contributed by atoms with Gasteiger partial charge in [-0.25, -0.2) is 4.98 Å². The fraction of sp³-hybridized carbons (Fsp3) is 0. The quantitative estimate of drug-likeness (QED) is 0.107. The van der Waals surface area contributed by atoms with Crippen LogP contribution in [-0.4, -0.2) is 4.98 Å². The number of allylic oxidation sites excluding steroid dienone is 4. The molecule has 0 radical (unpaired) electrons. The van der Waals surface area contributed by atoms with Gasteiger partial charge in [-0.05, 0) is 78.8 Å². The Balaban J connectivity index is 1.51. The highest BCUT2D eigenvalue weighted by atomic mass is 14.7. The van der Waals surface area contributed by atoms with Crippen LogP contribution in [0.2, 0.25) is 0 Å². The highest BCUT2D eigenvalue weighted by Gasteiger charge is 2.18. The third-order valence-electron chi connectivity index (χ3n) is 8.93. The first-order chi connectivity index (χ1) is 22.7. The van der Waals surface area contributed by atoms with Crippen molar-refractivity contribution in [3.8, 4) is 22.4 Å². The summed E-state index contributed by atoms with van der Waals surface area (Å²) in [7, 11) is 0. The first-order valence-electron chi connectivity index (χ1n) is 15.6. The Morgan fingerprint density at radius 1 is 0.435 bits per heavy atom. The number of pyridine rings is 1. The summed E-state index contributed by atoms with van der Waals surface area (Å²) >= 11 is 0. The zero-order chi connectivity index (χ0) is 31.0. The molecule has 0 bridgehead atoms. The van der Waals surface area contributed by atoms with Crippen LogP contribution in [-0.2, 0) is 0 Å². The van der Waals surface area contributed by atoms with Gasteiger partial charge < -0.3 is 0 Å². The smallest absolute Gasteiger partial charge is 0.0794 e. The van der Waals surface area contributed by atoms with Crippen molar-refractivity contribution in [2.75, 3.05) is 0 Å². The lowest BCUT2D eigenvalue weighted by Crippen LogP contribution is -1.96. The lowest BCUT2D eigenvalue weighted by Gasteiger charge is -2.18. The van der Waals surface area contributed by atoms with Crippen molar-refractivity contribution in [3.63, 3.8) is 0 Å². The number of benzene rings is 7. The van der Waals surface area contributed by atoms with Gasteiger partial charge in [0.05, 0.1) is 11.2 Å². The molecule has 0 unspecified atom stereocenters. The van der Waals surface area contributed by atoms with Gasteiger partial charge in [-0.15, -0.1) is 0 Å². The Morgan fingerprint density at radius 3 is 1.76 bits per heavy atom. The number of hydrogen-bond acceptors (Lipinski definition) is 1. The number of aromatic nitrogens is 1. The van der Waals surface area contributed by atoms with E-state index in [0.717, 1.165) is 44.2 Å². The molecule has 8 aromatic rings. The van der Waals surface area contributed by atoms with E-state index in [-0.39, 0.29) is 0 Å². The average molecular weight is 586 g/mol. The predicted molar refractivity (Wildman–Crippen MR) is 201 cm³/mol. The summed E-state index contributed by atoms with van der Waals surface area (Å²) in [6.45, 7) is 7.96. The molecule has 7 aromatic carbocycles. The molecule has 0 fully saturated rings. The summed E-state index contributed by atoms with van der Waals surface area (Å²) < 4.78 is 0. The molecule has 0 aliphatic rings. The van der Waals surface area contributed by atoms with Gasteiger partial charge in [-0.3, -0.25) is 0 Å². The summed E-state index contributed by atoms with van der Waals surface area (Å²) in [6.07, 6.45) is 12.0. The molecule has 1 nitrogen and oxygen atoms in total. The maximum atomic E-state index is 5.47. The minimum Gasteiger partial charge on any atom is -0.247 e. The van der Waals surface area contributed by atoms with Crippen LogP contribution >= 0.6 is 0 Å². The molecule has 0 aliphatic heterocycles. The summed E-state index contributed by atoms with van der Waals surface area (Å²) in [6, 6.07) is 45.9. The molecule has 0 saturated heterocycles. The highest BCUT2D eigenvalue weighted by molar-refractivity contribution is 6.24. The minimum atomic E-state index is 0.963. The average Bonchev–Trinajstić information content (AvgIpc) is 3.11. The minimum absolute atomic E-state index is 0.963. The molecule has 216 valence electrons. The van der Waals surface area contributed by atoms with E-state index in [1.807, 2.05) is 24.3 Å². The van der Waals surface area contributed by atoms with E-state index in [1.54, 1.807) is 0 Å². The molecule has 46 heavy (non-hydrogen) atoms. The predicted octanol–water partition coefficient (Wildman–Crippen LogP) is 12.6. The third-order valence-corrected chi connectivity index (χ3v) is 8.93. The molecule has 1 aromatic heterocycles. The fourth-order valence-electron chi connectivity index (χ4n) is 6.82. The third kappa shape index (κ3) is 4.62. The van der Waals surface area contributed by atoms with Crippen molar-refractivity contribution >= 4 is 66.1 Å². The number of nitrogens with zero attached hydrogens (tertiary/aromatic N) is 1. The van der Waals surface area contributed by atoms with Crippen molar-refractivity contribution in [3.05, 3.63) is 176 Å². The molecule has 0 saturated carbocycles. The normalized spacial score (nSPS) is 11.9. The van der Waals surface area contributed by atoms with Crippen LogP contribution in [0.5, 0.6) is 0 Å². The Kier molecular flexibility index (Phi) is 6.85. The Hall–Kier alpha value is -6.05. The van der Waals surface area contributed by atoms with Crippen LogP contribution in [0.15, 0.2) is 165 Å². The molecular weight excluding hydrogens is 555 g/mol. The van der Waals surface area contributed by atoms with Gasteiger partial charge in [0.25, 0.3) is 0 Å². The van der Waals surface area contributed by atoms with E-state index in [1.165, 1.54) is 43.3 Å². The van der Waals surface area contributed by atoms with Crippen LogP contribution < -0.4 is 0 Å². The van der Waals surface area contributed by atoms with E-state index in [9.17, 15) is 0 Å². The fourth-order valence-corrected chi connectivity index (χ4v) is 6.82. The Bertz CT molecular complexity index is 2560. The van der Waals surface area contributed by atoms with Gasteiger partial charge in [-0.1, -0.05) is 153 Å². The van der Waals surface area contributed by atoms with Gasteiger partial charge in [0.2, 0.25) is 0 Å². The Labute approximate surface area is 268 Å². The molecule has 1 heteroatoms. The van der Waals surface area contributed by atoms with Crippen molar-refractivity contribution < 1.29 is 0 Å². The lowest BCUT2D eigenvalue weighted by molar-refractivity contribution is 1.42. The summed E-state index contributed by atoms with van der Waals surface area (Å²) in [4.78, 5) is 5.47. The summed E-state index contributed by atoms with van der Waals surface area (Å²) in [5.74, 6) is 0. The number of hydrogen-bond donors (Lipinski definition) is 0. The van der Waals surface area contributed by atoms with Crippen molar-refractivity contribution in [2.45, 2.75) is 0 Å². The van der Waals surface area contributed by atoms with Crippen molar-refractivity contribution in [1.82, 2.24) is 4.98 Å². The van der Waals surface area contributed by atoms with Crippen LogP contribution in [0.3, 0.4) is 0 Å². The van der Waals surface area contributed by atoms with E-state index in [2.05, 4.69) is 153 Å². The molecule has 1 heterocycles. The number of rotatable bonds is 6. The monoisotopic (exact) mass is 585 g/mol. The SMILES string of the molecule is C=C/C=C\c1cc(-c2nc3cc4ccccc4cc3c3c2ccc2ccccc23)c(/C=C\C=C)cc1-c1cccc2ccccc12. The standard InChI is InChI=1S/C45H31N/c1-3-5-14-34-28-41(35(15-6-4-2)27-40(34)38-23-13-20-30-16-9-11-21-36(30)38)45-39-25-24-31-17-10-12-22-37(31)44(39)42-26-32-18-7-8-19-33(32)29-43(42)46-45/h3-29H,1-2H2/b14-5-,15-6-.